The highest BCUT2D eigenvalue weighted by Gasteiger charge is 2.11. The van der Waals surface area contributed by atoms with Crippen molar-refractivity contribution in [1.29, 1.82) is 0 Å². The zero-order valence-corrected chi connectivity index (χ0v) is 7.82. The van der Waals surface area contributed by atoms with Crippen LogP contribution in [-0.2, 0) is 6.54 Å². The summed E-state index contributed by atoms with van der Waals surface area (Å²) in [6, 6.07) is 0.693. The topological polar surface area (TPSA) is 42.7 Å². The predicted octanol–water partition coefficient (Wildman–Crippen LogP) is 0.810. The molecule has 0 unspecified atom stereocenters. The van der Waals surface area contributed by atoms with E-state index in [-0.39, 0.29) is 0 Å². The Morgan fingerprint density at radius 3 is 3.15 bits per heavy atom. The standard InChI is InChI=1S/C9H16N4/c1-2-5-10-9(3-1)4-7-13-8-6-11-12-13/h6,8-10H,1-5,7H2/t9-/m1/s1. The second-order valence-electron chi connectivity index (χ2n) is 3.60. The minimum atomic E-state index is 0.693. The average Bonchev–Trinajstić information content (AvgIpc) is 2.69. The van der Waals surface area contributed by atoms with Gasteiger partial charge in [-0.2, -0.15) is 0 Å². The van der Waals surface area contributed by atoms with Crippen LogP contribution in [0.2, 0.25) is 0 Å². The van der Waals surface area contributed by atoms with Crippen LogP contribution in [0.25, 0.3) is 0 Å². The molecule has 2 rings (SSSR count). The SMILES string of the molecule is c1cn(CC[C@H]2CCCCN2)nn1. The molecule has 1 saturated heterocycles. The normalized spacial score (nSPS) is 23.2. The number of rotatable bonds is 3. The molecule has 0 aromatic carbocycles. The maximum absolute atomic E-state index is 3.94. The Kier molecular flexibility index (Phi) is 2.92. The van der Waals surface area contributed by atoms with Crippen LogP contribution in [0.15, 0.2) is 12.4 Å². The zero-order valence-electron chi connectivity index (χ0n) is 7.82. The lowest BCUT2D eigenvalue weighted by Gasteiger charge is -2.23. The van der Waals surface area contributed by atoms with E-state index in [4.69, 9.17) is 0 Å². The Morgan fingerprint density at radius 2 is 2.46 bits per heavy atom. The molecule has 1 aromatic rings. The van der Waals surface area contributed by atoms with Gasteiger partial charge in [0.2, 0.25) is 0 Å². The third-order valence-corrected chi connectivity index (χ3v) is 2.59. The number of aromatic nitrogens is 3. The van der Waals surface area contributed by atoms with Crippen molar-refractivity contribution in [2.24, 2.45) is 0 Å². The summed E-state index contributed by atoms with van der Waals surface area (Å²) in [4.78, 5) is 0. The summed E-state index contributed by atoms with van der Waals surface area (Å²) in [6.45, 7) is 2.17. The molecule has 13 heavy (non-hydrogen) atoms. The smallest absolute Gasteiger partial charge is 0.0692 e. The highest BCUT2D eigenvalue weighted by molar-refractivity contribution is 4.73. The van der Waals surface area contributed by atoms with Crippen molar-refractivity contribution in [3.8, 4) is 0 Å². The second-order valence-corrected chi connectivity index (χ2v) is 3.60. The molecule has 4 heteroatoms. The van der Waals surface area contributed by atoms with Gasteiger partial charge in [0, 0.05) is 18.8 Å². The first kappa shape index (κ1) is 8.69. The van der Waals surface area contributed by atoms with Gasteiger partial charge in [0.15, 0.2) is 0 Å². The van der Waals surface area contributed by atoms with E-state index in [1.807, 2.05) is 10.9 Å². The van der Waals surface area contributed by atoms with Gasteiger partial charge >= 0.3 is 0 Å². The number of hydrogen-bond acceptors (Lipinski definition) is 3. The summed E-state index contributed by atoms with van der Waals surface area (Å²) in [5, 5.41) is 11.2. The fraction of sp³-hybridized carbons (Fsp3) is 0.778. The van der Waals surface area contributed by atoms with Crippen LogP contribution in [0.4, 0.5) is 0 Å². The molecule has 2 heterocycles. The van der Waals surface area contributed by atoms with Crippen LogP contribution in [0.5, 0.6) is 0 Å². The molecular weight excluding hydrogens is 164 g/mol. The monoisotopic (exact) mass is 180 g/mol. The lowest BCUT2D eigenvalue weighted by atomic mass is 10.0. The van der Waals surface area contributed by atoms with Gasteiger partial charge in [-0.05, 0) is 25.8 Å². The number of nitrogens with one attached hydrogen (secondary N) is 1. The molecule has 0 aliphatic carbocycles. The maximum Gasteiger partial charge on any atom is 0.0692 e. The van der Waals surface area contributed by atoms with Crippen molar-refractivity contribution in [3.63, 3.8) is 0 Å². The molecule has 0 amide bonds. The van der Waals surface area contributed by atoms with Crippen molar-refractivity contribution >= 4 is 0 Å². The molecule has 0 saturated carbocycles. The van der Waals surface area contributed by atoms with Crippen molar-refractivity contribution in [2.75, 3.05) is 6.54 Å². The average molecular weight is 180 g/mol. The van der Waals surface area contributed by atoms with E-state index >= 15 is 0 Å². The van der Waals surface area contributed by atoms with Crippen molar-refractivity contribution in [1.82, 2.24) is 20.3 Å². The highest BCUT2D eigenvalue weighted by atomic mass is 15.4. The summed E-state index contributed by atoms with van der Waals surface area (Å²) in [5.74, 6) is 0. The number of hydrogen-bond donors (Lipinski definition) is 1. The fourth-order valence-corrected chi connectivity index (χ4v) is 1.81. The number of nitrogens with zero attached hydrogens (tertiary/aromatic N) is 3. The van der Waals surface area contributed by atoms with E-state index in [0.29, 0.717) is 6.04 Å². The zero-order chi connectivity index (χ0) is 8.93. The van der Waals surface area contributed by atoms with Gasteiger partial charge in [0.25, 0.3) is 0 Å². The molecule has 1 aromatic heterocycles. The van der Waals surface area contributed by atoms with E-state index in [1.54, 1.807) is 6.20 Å². The minimum Gasteiger partial charge on any atom is -0.314 e. The summed E-state index contributed by atoms with van der Waals surface area (Å²) in [5.41, 5.74) is 0. The van der Waals surface area contributed by atoms with Crippen LogP contribution in [0.1, 0.15) is 25.7 Å². The summed E-state index contributed by atoms with van der Waals surface area (Å²) < 4.78 is 1.90. The molecule has 0 bridgehead atoms. The van der Waals surface area contributed by atoms with Crippen LogP contribution in [0, 0.1) is 0 Å². The maximum atomic E-state index is 3.94. The number of piperidine rings is 1. The van der Waals surface area contributed by atoms with Crippen molar-refractivity contribution < 1.29 is 0 Å². The molecule has 1 aliphatic rings. The molecule has 1 atom stereocenters. The first-order valence-corrected chi connectivity index (χ1v) is 5.02. The molecular formula is C9H16N4. The molecule has 0 spiro atoms. The number of aryl methyl sites for hydroxylation is 1. The third kappa shape index (κ3) is 2.52. The molecule has 72 valence electrons. The Hall–Kier alpha value is -0.900. The first-order valence-electron chi connectivity index (χ1n) is 5.02. The molecule has 1 aliphatic heterocycles. The van der Waals surface area contributed by atoms with Gasteiger partial charge in [0.1, 0.15) is 0 Å². The van der Waals surface area contributed by atoms with Gasteiger partial charge in [-0.1, -0.05) is 11.6 Å². The van der Waals surface area contributed by atoms with Crippen LogP contribution in [-0.4, -0.2) is 27.6 Å². The van der Waals surface area contributed by atoms with E-state index < -0.39 is 0 Å². The highest BCUT2D eigenvalue weighted by Crippen LogP contribution is 2.10. The van der Waals surface area contributed by atoms with E-state index in [9.17, 15) is 0 Å². The lowest BCUT2D eigenvalue weighted by Crippen LogP contribution is -2.34. The summed E-state index contributed by atoms with van der Waals surface area (Å²) in [7, 11) is 0. The van der Waals surface area contributed by atoms with Crippen molar-refractivity contribution in [3.05, 3.63) is 12.4 Å². The molecule has 4 nitrogen and oxygen atoms in total. The van der Waals surface area contributed by atoms with Gasteiger partial charge in [0.05, 0.1) is 6.20 Å². The Morgan fingerprint density at radius 1 is 1.46 bits per heavy atom. The lowest BCUT2D eigenvalue weighted by molar-refractivity contribution is 0.359. The van der Waals surface area contributed by atoms with E-state index in [1.165, 1.54) is 32.2 Å². The van der Waals surface area contributed by atoms with Gasteiger partial charge in [-0.15, -0.1) is 5.10 Å². The summed E-state index contributed by atoms with van der Waals surface area (Å²) >= 11 is 0. The van der Waals surface area contributed by atoms with Crippen LogP contribution < -0.4 is 5.32 Å². The third-order valence-electron chi connectivity index (χ3n) is 2.59. The van der Waals surface area contributed by atoms with Gasteiger partial charge in [-0.25, -0.2) is 0 Å². The summed E-state index contributed by atoms with van der Waals surface area (Å²) in [6.07, 6.45) is 8.84. The van der Waals surface area contributed by atoms with Gasteiger partial charge < -0.3 is 5.32 Å². The van der Waals surface area contributed by atoms with E-state index in [2.05, 4.69) is 15.6 Å². The predicted molar refractivity (Wildman–Crippen MR) is 50.3 cm³/mol. The Labute approximate surface area is 78.3 Å². The van der Waals surface area contributed by atoms with Gasteiger partial charge in [-0.3, -0.25) is 4.68 Å². The molecule has 1 N–H and O–H groups in total. The Balaban J connectivity index is 1.72. The second kappa shape index (κ2) is 4.37. The van der Waals surface area contributed by atoms with E-state index in [0.717, 1.165) is 6.54 Å². The van der Waals surface area contributed by atoms with Crippen LogP contribution >= 0.6 is 0 Å². The fourth-order valence-electron chi connectivity index (χ4n) is 1.81. The Bertz CT molecular complexity index is 226. The largest absolute Gasteiger partial charge is 0.314 e. The molecule has 0 radical (unpaired) electrons. The first-order chi connectivity index (χ1) is 6.45. The molecule has 1 fully saturated rings. The van der Waals surface area contributed by atoms with Crippen molar-refractivity contribution in [2.45, 2.75) is 38.3 Å². The minimum absolute atomic E-state index is 0.693. The van der Waals surface area contributed by atoms with Crippen LogP contribution in [0.3, 0.4) is 0 Å². The quantitative estimate of drug-likeness (QED) is 0.748.